The average Bonchev–Trinajstić information content (AvgIpc) is 3.36. The van der Waals surface area contributed by atoms with Crippen LogP contribution >= 0.6 is 0 Å². The van der Waals surface area contributed by atoms with Crippen molar-refractivity contribution < 1.29 is 19.4 Å². The molecule has 0 spiro atoms. The summed E-state index contributed by atoms with van der Waals surface area (Å²) in [5.41, 5.74) is 0.683. The van der Waals surface area contributed by atoms with Gasteiger partial charge < -0.3 is 15.2 Å². The molecule has 2 unspecified atom stereocenters. The molecule has 0 bridgehead atoms. The Kier molecular flexibility index (Phi) is 4.55. The van der Waals surface area contributed by atoms with Gasteiger partial charge in [-0.3, -0.25) is 4.79 Å². The summed E-state index contributed by atoms with van der Waals surface area (Å²) in [5.74, 6) is 0.730. The lowest BCUT2D eigenvalue weighted by atomic mass is 9.85. The van der Waals surface area contributed by atoms with Crippen LogP contribution in [-0.2, 0) is 4.79 Å². The lowest BCUT2D eigenvalue weighted by Crippen LogP contribution is -2.18. The summed E-state index contributed by atoms with van der Waals surface area (Å²) < 4.78 is 5.20. The Bertz CT molecular complexity index is 607. The minimum Gasteiger partial charge on any atom is -0.495 e. The Hall–Kier alpha value is -2.04. The van der Waals surface area contributed by atoms with E-state index in [1.54, 1.807) is 6.07 Å². The average molecular weight is 317 g/mol. The maximum Gasteiger partial charge on any atom is 0.335 e. The number of ether oxygens (including phenoxy) is 1. The summed E-state index contributed by atoms with van der Waals surface area (Å²) >= 11 is 0. The molecule has 2 saturated carbocycles. The smallest absolute Gasteiger partial charge is 0.335 e. The molecule has 2 fully saturated rings. The van der Waals surface area contributed by atoms with E-state index in [1.165, 1.54) is 51.3 Å². The van der Waals surface area contributed by atoms with Crippen molar-refractivity contribution >= 4 is 17.6 Å². The highest BCUT2D eigenvalue weighted by atomic mass is 16.5. The number of carbonyl (C=O) groups excluding carboxylic acids is 1. The number of anilines is 1. The normalized spacial score (nSPS) is 24.0. The molecule has 0 saturated heterocycles. The second kappa shape index (κ2) is 6.60. The maximum absolute atomic E-state index is 12.4. The second-order valence-electron chi connectivity index (χ2n) is 6.61. The van der Waals surface area contributed by atoms with E-state index in [-0.39, 0.29) is 17.4 Å². The Balaban J connectivity index is 1.63. The van der Waals surface area contributed by atoms with E-state index in [2.05, 4.69) is 5.32 Å². The van der Waals surface area contributed by atoms with Crippen molar-refractivity contribution in [3.63, 3.8) is 0 Å². The number of nitrogens with one attached hydrogen (secondary N) is 1. The van der Waals surface area contributed by atoms with Crippen LogP contribution in [0.5, 0.6) is 5.75 Å². The van der Waals surface area contributed by atoms with E-state index in [4.69, 9.17) is 9.84 Å². The van der Waals surface area contributed by atoms with Gasteiger partial charge in [-0.2, -0.15) is 0 Å². The van der Waals surface area contributed by atoms with Gasteiger partial charge >= 0.3 is 5.97 Å². The molecule has 5 nitrogen and oxygen atoms in total. The predicted molar refractivity (Wildman–Crippen MR) is 86.8 cm³/mol. The molecule has 1 aromatic carbocycles. The Morgan fingerprint density at radius 1 is 1.22 bits per heavy atom. The molecule has 2 aliphatic rings. The van der Waals surface area contributed by atoms with Crippen LogP contribution in [-0.4, -0.2) is 24.1 Å². The lowest BCUT2D eigenvalue weighted by Gasteiger charge is -2.21. The largest absolute Gasteiger partial charge is 0.495 e. The topological polar surface area (TPSA) is 75.6 Å². The van der Waals surface area contributed by atoms with Gasteiger partial charge in [-0.1, -0.05) is 32.1 Å². The molecule has 0 radical (unpaired) electrons. The van der Waals surface area contributed by atoms with Crippen LogP contribution in [0.15, 0.2) is 18.2 Å². The summed E-state index contributed by atoms with van der Waals surface area (Å²) in [6, 6.07) is 4.51. The van der Waals surface area contributed by atoms with Crippen LogP contribution in [0, 0.1) is 17.8 Å². The second-order valence-corrected chi connectivity index (χ2v) is 6.61. The fourth-order valence-electron chi connectivity index (χ4n) is 3.75. The van der Waals surface area contributed by atoms with Crippen LogP contribution < -0.4 is 10.1 Å². The van der Waals surface area contributed by atoms with Crippen molar-refractivity contribution in [2.75, 3.05) is 12.4 Å². The van der Waals surface area contributed by atoms with Crippen molar-refractivity contribution in [2.45, 2.75) is 38.5 Å². The number of aromatic carboxylic acids is 1. The van der Waals surface area contributed by atoms with E-state index >= 15 is 0 Å². The van der Waals surface area contributed by atoms with E-state index < -0.39 is 5.97 Å². The van der Waals surface area contributed by atoms with Crippen LogP contribution in [0.25, 0.3) is 0 Å². The van der Waals surface area contributed by atoms with Gasteiger partial charge in [0.2, 0.25) is 5.91 Å². The third-order valence-corrected chi connectivity index (χ3v) is 5.14. The van der Waals surface area contributed by atoms with Gasteiger partial charge in [0.1, 0.15) is 5.75 Å². The van der Waals surface area contributed by atoms with Gasteiger partial charge in [0.05, 0.1) is 18.4 Å². The van der Waals surface area contributed by atoms with E-state index in [9.17, 15) is 9.59 Å². The summed E-state index contributed by atoms with van der Waals surface area (Å²) in [6.07, 6.45) is 7.40. The molecule has 5 heteroatoms. The zero-order valence-corrected chi connectivity index (χ0v) is 13.4. The van der Waals surface area contributed by atoms with Crippen LogP contribution in [0.2, 0.25) is 0 Å². The van der Waals surface area contributed by atoms with Gasteiger partial charge in [-0.05, 0) is 36.5 Å². The number of amides is 1. The fourth-order valence-corrected chi connectivity index (χ4v) is 3.75. The minimum absolute atomic E-state index is 0.0296. The number of benzene rings is 1. The van der Waals surface area contributed by atoms with Gasteiger partial charge in [-0.25, -0.2) is 4.79 Å². The molecular formula is C18H23NO4. The number of hydrogen-bond donors (Lipinski definition) is 2. The highest BCUT2D eigenvalue weighted by Crippen LogP contribution is 2.49. The zero-order chi connectivity index (χ0) is 16.4. The van der Waals surface area contributed by atoms with Gasteiger partial charge in [0.25, 0.3) is 0 Å². The molecule has 0 heterocycles. The Morgan fingerprint density at radius 2 is 1.96 bits per heavy atom. The Morgan fingerprint density at radius 3 is 2.61 bits per heavy atom. The lowest BCUT2D eigenvalue weighted by molar-refractivity contribution is -0.117. The van der Waals surface area contributed by atoms with Gasteiger partial charge in [0, 0.05) is 5.92 Å². The molecule has 23 heavy (non-hydrogen) atoms. The summed E-state index contributed by atoms with van der Waals surface area (Å²) in [5, 5.41) is 11.9. The van der Waals surface area contributed by atoms with Crippen molar-refractivity contribution in [3.05, 3.63) is 23.8 Å². The van der Waals surface area contributed by atoms with E-state index in [0.29, 0.717) is 23.3 Å². The number of hydrogen-bond acceptors (Lipinski definition) is 3. The molecule has 2 N–H and O–H groups in total. The first-order valence-corrected chi connectivity index (χ1v) is 8.32. The van der Waals surface area contributed by atoms with Crippen LogP contribution in [0.3, 0.4) is 0 Å². The van der Waals surface area contributed by atoms with E-state index in [0.717, 1.165) is 6.42 Å². The van der Waals surface area contributed by atoms with Crippen molar-refractivity contribution in [2.24, 2.45) is 17.8 Å². The van der Waals surface area contributed by atoms with E-state index in [1.807, 2.05) is 0 Å². The third kappa shape index (κ3) is 3.49. The van der Waals surface area contributed by atoms with Crippen molar-refractivity contribution in [1.82, 2.24) is 0 Å². The highest BCUT2D eigenvalue weighted by molar-refractivity contribution is 5.97. The molecule has 0 aromatic heterocycles. The molecule has 2 atom stereocenters. The van der Waals surface area contributed by atoms with Gasteiger partial charge in [0.15, 0.2) is 0 Å². The molecule has 124 valence electrons. The third-order valence-electron chi connectivity index (χ3n) is 5.14. The van der Waals surface area contributed by atoms with Crippen molar-refractivity contribution in [3.8, 4) is 5.75 Å². The molecule has 0 aliphatic heterocycles. The first kappa shape index (κ1) is 15.8. The maximum atomic E-state index is 12.4. The quantitative estimate of drug-likeness (QED) is 0.871. The monoisotopic (exact) mass is 317 g/mol. The van der Waals surface area contributed by atoms with Gasteiger partial charge in [-0.15, -0.1) is 0 Å². The number of rotatable bonds is 5. The number of carbonyl (C=O) groups is 2. The first-order valence-electron chi connectivity index (χ1n) is 8.32. The van der Waals surface area contributed by atoms with Crippen LogP contribution in [0.4, 0.5) is 5.69 Å². The fraction of sp³-hybridized carbons (Fsp3) is 0.556. The molecule has 3 rings (SSSR count). The number of carboxylic acids is 1. The standard InChI is InChI=1S/C18H23NO4/c1-23-16-9-12(18(21)22)7-8-15(16)19-17(20)14-10-13(14)11-5-3-2-4-6-11/h7-9,11,13-14H,2-6,10H2,1H3,(H,19,20)(H,21,22). The summed E-state index contributed by atoms with van der Waals surface area (Å²) in [6.45, 7) is 0. The number of methoxy groups -OCH3 is 1. The SMILES string of the molecule is COc1cc(C(=O)O)ccc1NC(=O)C1CC1C1CCCCC1. The molecular weight excluding hydrogens is 294 g/mol. The van der Waals surface area contributed by atoms with Crippen LogP contribution in [0.1, 0.15) is 48.9 Å². The summed E-state index contributed by atoms with van der Waals surface area (Å²) in [4.78, 5) is 23.4. The minimum atomic E-state index is -1.01. The number of carboxylic acid groups (broad SMARTS) is 1. The molecule has 2 aliphatic carbocycles. The molecule has 1 amide bonds. The predicted octanol–water partition coefficient (Wildman–Crippen LogP) is 3.55. The highest BCUT2D eigenvalue weighted by Gasteiger charge is 2.47. The zero-order valence-electron chi connectivity index (χ0n) is 13.4. The first-order chi connectivity index (χ1) is 11.1. The summed E-state index contributed by atoms with van der Waals surface area (Å²) in [7, 11) is 1.47. The Labute approximate surface area is 136 Å². The molecule has 1 aromatic rings. The van der Waals surface area contributed by atoms with Crippen molar-refractivity contribution in [1.29, 1.82) is 0 Å².